The molecular weight excluding hydrogens is 282 g/mol. The maximum Gasteiger partial charge on any atom is 0.122 e. The van der Waals surface area contributed by atoms with Gasteiger partial charge in [-0.3, -0.25) is 0 Å². The summed E-state index contributed by atoms with van der Waals surface area (Å²) in [6.07, 6.45) is 2.04. The number of hydrogen-bond acceptors (Lipinski definition) is 2. The molecular formula is C18H20ClNO. The van der Waals surface area contributed by atoms with E-state index in [1.54, 1.807) is 0 Å². The lowest BCUT2D eigenvalue weighted by Gasteiger charge is -2.14. The fourth-order valence-electron chi connectivity index (χ4n) is 2.69. The van der Waals surface area contributed by atoms with Crippen LogP contribution in [0.15, 0.2) is 42.5 Å². The van der Waals surface area contributed by atoms with Crippen LogP contribution in [0.3, 0.4) is 0 Å². The third kappa shape index (κ3) is 3.78. The fourth-order valence-corrected chi connectivity index (χ4v) is 2.81. The molecule has 2 nitrogen and oxygen atoms in total. The summed E-state index contributed by atoms with van der Waals surface area (Å²) in [4.78, 5) is 0. The van der Waals surface area contributed by atoms with Gasteiger partial charge >= 0.3 is 0 Å². The molecule has 1 atom stereocenters. The van der Waals surface area contributed by atoms with Gasteiger partial charge in [0.2, 0.25) is 0 Å². The second-order valence-corrected chi connectivity index (χ2v) is 6.09. The molecule has 3 rings (SSSR count). The Kier molecular flexibility index (Phi) is 4.47. The SMILES string of the molecule is CC(Cc1ccc(Cl)cc1)NCc1ccc2c(c1)CCO2. The molecule has 0 spiro atoms. The summed E-state index contributed by atoms with van der Waals surface area (Å²) in [6, 6.07) is 15.0. The zero-order valence-electron chi connectivity index (χ0n) is 12.2. The zero-order chi connectivity index (χ0) is 14.7. The molecule has 0 bridgehead atoms. The van der Waals surface area contributed by atoms with Crippen LogP contribution in [0.4, 0.5) is 0 Å². The molecule has 0 fully saturated rings. The van der Waals surface area contributed by atoms with Crippen molar-refractivity contribution < 1.29 is 4.74 Å². The van der Waals surface area contributed by atoms with E-state index < -0.39 is 0 Å². The number of benzene rings is 2. The zero-order valence-corrected chi connectivity index (χ0v) is 13.0. The van der Waals surface area contributed by atoms with E-state index >= 15 is 0 Å². The smallest absolute Gasteiger partial charge is 0.122 e. The van der Waals surface area contributed by atoms with Gasteiger partial charge in [-0.05, 0) is 48.2 Å². The Bertz CT molecular complexity index is 609. The van der Waals surface area contributed by atoms with Crippen molar-refractivity contribution in [3.8, 4) is 5.75 Å². The van der Waals surface area contributed by atoms with E-state index in [0.29, 0.717) is 6.04 Å². The molecule has 2 aromatic carbocycles. The molecule has 1 aliphatic heterocycles. The molecule has 0 aliphatic carbocycles. The first-order valence-corrected chi connectivity index (χ1v) is 7.81. The van der Waals surface area contributed by atoms with Gasteiger partial charge in [-0.25, -0.2) is 0 Å². The average molecular weight is 302 g/mol. The van der Waals surface area contributed by atoms with Crippen molar-refractivity contribution in [2.24, 2.45) is 0 Å². The van der Waals surface area contributed by atoms with Gasteiger partial charge in [0.05, 0.1) is 6.61 Å². The molecule has 0 aromatic heterocycles. The highest BCUT2D eigenvalue weighted by molar-refractivity contribution is 6.30. The summed E-state index contributed by atoms with van der Waals surface area (Å²) in [5.74, 6) is 1.05. The summed E-state index contributed by atoms with van der Waals surface area (Å²) in [6.45, 7) is 3.92. The number of rotatable bonds is 5. The second-order valence-electron chi connectivity index (χ2n) is 5.65. The second kappa shape index (κ2) is 6.50. The number of hydrogen-bond donors (Lipinski definition) is 1. The predicted octanol–water partition coefficient (Wildman–Crippen LogP) is 4.00. The van der Waals surface area contributed by atoms with Crippen LogP contribution >= 0.6 is 11.6 Å². The summed E-state index contributed by atoms with van der Waals surface area (Å²) < 4.78 is 5.54. The molecule has 1 heterocycles. The molecule has 0 saturated heterocycles. The minimum Gasteiger partial charge on any atom is -0.493 e. The van der Waals surface area contributed by atoms with E-state index in [1.165, 1.54) is 16.7 Å². The highest BCUT2D eigenvalue weighted by Gasteiger charge is 2.12. The minimum atomic E-state index is 0.427. The third-order valence-corrected chi connectivity index (χ3v) is 4.12. The van der Waals surface area contributed by atoms with Gasteiger partial charge in [-0.2, -0.15) is 0 Å². The lowest BCUT2D eigenvalue weighted by molar-refractivity contribution is 0.357. The van der Waals surface area contributed by atoms with Crippen LogP contribution in [0.1, 0.15) is 23.6 Å². The molecule has 1 aliphatic rings. The van der Waals surface area contributed by atoms with Gasteiger partial charge in [-0.15, -0.1) is 0 Å². The Hall–Kier alpha value is -1.51. The molecule has 3 heteroatoms. The maximum absolute atomic E-state index is 5.91. The highest BCUT2D eigenvalue weighted by atomic mass is 35.5. The predicted molar refractivity (Wildman–Crippen MR) is 87.1 cm³/mol. The Morgan fingerprint density at radius 2 is 1.90 bits per heavy atom. The van der Waals surface area contributed by atoms with E-state index in [0.717, 1.165) is 36.8 Å². The molecule has 21 heavy (non-hydrogen) atoms. The Labute approximate surface area is 131 Å². The number of halogens is 1. The van der Waals surface area contributed by atoms with E-state index in [2.05, 4.69) is 42.6 Å². The summed E-state index contributed by atoms with van der Waals surface area (Å²) in [5.41, 5.74) is 3.96. The first-order valence-electron chi connectivity index (χ1n) is 7.43. The van der Waals surface area contributed by atoms with Crippen molar-refractivity contribution in [2.45, 2.75) is 32.4 Å². The van der Waals surface area contributed by atoms with E-state index in [9.17, 15) is 0 Å². The van der Waals surface area contributed by atoms with E-state index in [-0.39, 0.29) is 0 Å². The van der Waals surface area contributed by atoms with Crippen LogP contribution in [0.25, 0.3) is 0 Å². The Balaban J connectivity index is 1.53. The topological polar surface area (TPSA) is 21.3 Å². The van der Waals surface area contributed by atoms with Gasteiger partial charge in [0.25, 0.3) is 0 Å². The van der Waals surface area contributed by atoms with Crippen molar-refractivity contribution >= 4 is 11.6 Å². The molecule has 110 valence electrons. The lowest BCUT2D eigenvalue weighted by Crippen LogP contribution is -2.27. The van der Waals surface area contributed by atoms with Crippen LogP contribution in [-0.2, 0) is 19.4 Å². The van der Waals surface area contributed by atoms with Crippen molar-refractivity contribution in [1.82, 2.24) is 5.32 Å². The maximum atomic E-state index is 5.91. The average Bonchev–Trinajstić information content (AvgIpc) is 2.95. The summed E-state index contributed by atoms with van der Waals surface area (Å²) in [5, 5.41) is 4.37. The van der Waals surface area contributed by atoms with Crippen molar-refractivity contribution in [2.75, 3.05) is 6.61 Å². The summed E-state index contributed by atoms with van der Waals surface area (Å²) >= 11 is 5.91. The molecule has 1 N–H and O–H groups in total. The number of ether oxygens (including phenoxy) is 1. The lowest BCUT2D eigenvalue weighted by atomic mass is 10.1. The monoisotopic (exact) mass is 301 g/mol. The highest BCUT2D eigenvalue weighted by Crippen LogP contribution is 2.25. The molecule has 0 amide bonds. The quantitative estimate of drug-likeness (QED) is 0.901. The van der Waals surface area contributed by atoms with Gasteiger partial charge in [-0.1, -0.05) is 35.9 Å². The third-order valence-electron chi connectivity index (χ3n) is 3.86. The van der Waals surface area contributed by atoms with Gasteiger partial charge in [0.1, 0.15) is 5.75 Å². The van der Waals surface area contributed by atoms with Gasteiger partial charge in [0.15, 0.2) is 0 Å². The van der Waals surface area contributed by atoms with Crippen molar-refractivity contribution in [3.05, 3.63) is 64.2 Å². The molecule has 0 radical (unpaired) electrons. The van der Waals surface area contributed by atoms with Crippen LogP contribution in [-0.4, -0.2) is 12.6 Å². The van der Waals surface area contributed by atoms with E-state index in [4.69, 9.17) is 16.3 Å². The van der Waals surface area contributed by atoms with E-state index in [1.807, 2.05) is 12.1 Å². The number of nitrogens with one attached hydrogen (secondary N) is 1. The van der Waals surface area contributed by atoms with Crippen LogP contribution in [0.5, 0.6) is 5.75 Å². The standard InChI is InChI=1S/C18H20ClNO/c1-13(10-14-2-5-17(19)6-3-14)20-12-15-4-7-18-16(11-15)8-9-21-18/h2-7,11,13,20H,8-10,12H2,1H3. The largest absolute Gasteiger partial charge is 0.493 e. The van der Waals surface area contributed by atoms with Crippen LogP contribution in [0, 0.1) is 0 Å². The fraction of sp³-hybridized carbons (Fsp3) is 0.333. The first-order chi connectivity index (χ1) is 10.2. The normalized spacial score (nSPS) is 14.6. The molecule has 2 aromatic rings. The Morgan fingerprint density at radius 3 is 2.71 bits per heavy atom. The summed E-state index contributed by atoms with van der Waals surface area (Å²) in [7, 11) is 0. The molecule has 1 unspecified atom stereocenters. The van der Waals surface area contributed by atoms with Crippen molar-refractivity contribution in [3.63, 3.8) is 0 Å². The van der Waals surface area contributed by atoms with Crippen LogP contribution in [0.2, 0.25) is 5.02 Å². The van der Waals surface area contributed by atoms with Gasteiger partial charge in [0, 0.05) is 24.0 Å². The van der Waals surface area contributed by atoms with Crippen molar-refractivity contribution in [1.29, 1.82) is 0 Å². The molecule has 0 saturated carbocycles. The van der Waals surface area contributed by atoms with Crippen LogP contribution < -0.4 is 10.1 Å². The number of fused-ring (bicyclic) bond motifs is 1. The first kappa shape index (κ1) is 14.4. The van der Waals surface area contributed by atoms with Gasteiger partial charge < -0.3 is 10.1 Å². The minimum absolute atomic E-state index is 0.427. The Morgan fingerprint density at radius 1 is 1.14 bits per heavy atom.